The molecule has 4 bridgehead atoms. The quantitative estimate of drug-likeness (QED) is 0.140. The Kier molecular flexibility index (Phi) is 16.4. The molecular formula is C42H60O15. The molecule has 0 aliphatic carbocycles. The lowest BCUT2D eigenvalue weighted by atomic mass is 9.74. The first-order valence-electron chi connectivity index (χ1n) is 19.6. The van der Waals surface area contributed by atoms with Crippen molar-refractivity contribution in [3.05, 3.63) is 59.7 Å². The van der Waals surface area contributed by atoms with Gasteiger partial charge in [-0.1, -0.05) is 71.0 Å². The van der Waals surface area contributed by atoms with E-state index in [1.165, 1.54) is 7.11 Å². The van der Waals surface area contributed by atoms with Crippen molar-refractivity contribution in [1.82, 2.24) is 0 Å². The smallest absolute Gasteiger partial charge is 0.330 e. The van der Waals surface area contributed by atoms with Gasteiger partial charge in [0.1, 0.15) is 12.2 Å². The van der Waals surface area contributed by atoms with E-state index in [9.17, 15) is 34.5 Å². The fourth-order valence-electron chi connectivity index (χ4n) is 6.89. The maximum atomic E-state index is 13.5. The normalized spacial score (nSPS) is 32.2. The van der Waals surface area contributed by atoms with Crippen molar-refractivity contribution >= 4 is 23.9 Å². The van der Waals surface area contributed by atoms with Gasteiger partial charge in [0.25, 0.3) is 0 Å². The summed E-state index contributed by atoms with van der Waals surface area (Å²) in [6.45, 7) is 10.2. The van der Waals surface area contributed by atoms with Crippen LogP contribution in [0.5, 0.6) is 0 Å². The molecule has 9 atom stereocenters. The van der Waals surface area contributed by atoms with Gasteiger partial charge in [-0.3, -0.25) is 14.4 Å². The summed E-state index contributed by atoms with van der Waals surface area (Å²) in [5.41, 5.74) is -1.22. The number of cyclic esters (lactones) is 2. The Morgan fingerprint density at radius 1 is 1.04 bits per heavy atom. The van der Waals surface area contributed by atoms with Gasteiger partial charge >= 0.3 is 23.9 Å². The molecule has 3 heterocycles. The Labute approximate surface area is 334 Å². The van der Waals surface area contributed by atoms with Gasteiger partial charge in [-0.2, -0.15) is 0 Å². The second-order valence-electron chi connectivity index (χ2n) is 16.2. The fraction of sp³-hybridized carbons (Fsp3) is 0.667. The van der Waals surface area contributed by atoms with Crippen LogP contribution in [0.1, 0.15) is 92.1 Å². The number of fused-ring (bicyclic) bond motifs is 4. The summed E-state index contributed by atoms with van der Waals surface area (Å²) in [4.78, 5) is 52.3. The highest BCUT2D eigenvalue weighted by atomic mass is 16.7. The van der Waals surface area contributed by atoms with Gasteiger partial charge < -0.3 is 53.2 Å². The van der Waals surface area contributed by atoms with E-state index in [1.807, 2.05) is 30.3 Å². The molecule has 3 N–H and O–H groups in total. The number of ether oxygens (including phenoxy) is 8. The molecule has 15 nitrogen and oxygen atoms in total. The topological polar surface area (TPSA) is 203 Å². The van der Waals surface area contributed by atoms with Crippen LogP contribution in [-0.4, -0.2) is 114 Å². The second-order valence-corrected chi connectivity index (χ2v) is 16.2. The highest BCUT2D eigenvalue weighted by molar-refractivity contribution is 5.83. The predicted octanol–water partition coefficient (Wildman–Crippen LogP) is 3.98. The third-order valence-electron chi connectivity index (χ3n) is 10.7. The summed E-state index contributed by atoms with van der Waals surface area (Å²) >= 11 is 0. The van der Waals surface area contributed by atoms with Crippen molar-refractivity contribution in [3.8, 4) is 0 Å². The lowest BCUT2D eigenvalue weighted by molar-refractivity contribution is -0.327. The lowest BCUT2D eigenvalue weighted by Crippen LogP contribution is -2.62. The molecule has 15 heteroatoms. The number of methoxy groups -OCH3 is 1. The molecule has 0 amide bonds. The van der Waals surface area contributed by atoms with Crippen molar-refractivity contribution in [2.75, 3.05) is 20.3 Å². The lowest BCUT2D eigenvalue weighted by Gasteiger charge is -2.51. The third kappa shape index (κ3) is 12.6. The Morgan fingerprint density at radius 2 is 1.72 bits per heavy atom. The van der Waals surface area contributed by atoms with E-state index in [4.69, 9.17) is 37.9 Å². The zero-order chi connectivity index (χ0) is 42.0. The van der Waals surface area contributed by atoms with Crippen LogP contribution >= 0.6 is 0 Å². The molecule has 57 heavy (non-hydrogen) atoms. The van der Waals surface area contributed by atoms with E-state index in [0.29, 0.717) is 6.42 Å². The van der Waals surface area contributed by atoms with Gasteiger partial charge in [0.15, 0.2) is 12.4 Å². The maximum absolute atomic E-state index is 13.5. The minimum Gasteiger partial charge on any atom is -0.466 e. The number of rotatable bonds is 9. The molecule has 1 aromatic rings. The van der Waals surface area contributed by atoms with E-state index in [0.717, 1.165) is 11.6 Å². The molecule has 318 valence electrons. The van der Waals surface area contributed by atoms with Gasteiger partial charge in [0.2, 0.25) is 5.79 Å². The van der Waals surface area contributed by atoms with Crippen molar-refractivity contribution in [3.63, 3.8) is 0 Å². The van der Waals surface area contributed by atoms with Crippen LogP contribution < -0.4 is 0 Å². The number of aliphatic hydroxyl groups excluding tert-OH is 2. The second kappa shape index (κ2) is 20.3. The van der Waals surface area contributed by atoms with Crippen LogP contribution in [0.4, 0.5) is 0 Å². The average Bonchev–Trinajstić information content (AvgIpc) is 3.16. The van der Waals surface area contributed by atoms with E-state index >= 15 is 0 Å². The molecule has 2 fully saturated rings. The minimum atomic E-state index is -2.32. The number of esters is 4. The van der Waals surface area contributed by atoms with Crippen molar-refractivity contribution in [2.45, 2.75) is 148 Å². The molecule has 0 aromatic heterocycles. The molecule has 3 aliphatic heterocycles. The van der Waals surface area contributed by atoms with E-state index in [1.54, 1.807) is 53.7 Å². The first-order chi connectivity index (χ1) is 26.9. The van der Waals surface area contributed by atoms with Gasteiger partial charge in [0.05, 0.1) is 64.2 Å². The van der Waals surface area contributed by atoms with Crippen LogP contribution in [-0.2, 0) is 63.7 Å². The molecule has 0 spiro atoms. The zero-order valence-corrected chi connectivity index (χ0v) is 34.0. The molecule has 2 saturated heterocycles. The highest BCUT2D eigenvalue weighted by Crippen LogP contribution is 2.47. The highest BCUT2D eigenvalue weighted by Gasteiger charge is 2.58. The monoisotopic (exact) mass is 804 g/mol. The van der Waals surface area contributed by atoms with Crippen LogP contribution in [0.25, 0.3) is 0 Å². The number of hydrogen-bond acceptors (Lipinski definition) is 15. The predicted molar refractivity (Wildman–Crippen MR) is 203 cm³/mol. The Bertz CT molecular complexity index is 1570. The van der Waals surface area contributed by atoms with E-state index < -0.39 is 102 Å². The first kappa shape index (κ1) is 46.0. The summed E-state index contributed by atoms with van der Waals surface area (Å²) in [6, 6.07) is 9.33. The Hall–Kier alpha value is -3.70. The summed E-state index contributed by atoms with van der Waals surface area (Å²) in [7, 11) is 1.20. The Balaban J connectivity index is 1.79. The van der Waals surface area contributed by atoms with Crippen LogP contribution in [0.15, 0.2) is 54.1 Å². The van der Waals surface area contributed by atoms with Crippen LogP contribution in [0.3, 0.4) is 0 Å². The zero-order valence-electron chi connectivity index (χ0n) is 34.0. The molecule has 4 rings (SSSR count). The summed E-state index contributed by atoms with van der Waals surface area (Å²) in [5.74, 6) is -5.35. The van der Waals surface area contributed by atoms with Gasteiger partial charge in [-0.25, -0.2) is 4.79 Å². The van der Waals surface area contributed by atoms with Gasteiger partial charge in [-0.05, 0) is 37.0 Å². The molecule has 1 aromatic carbocycles. The van der Waals surface area contributed by atoms with Crippen LogP contribution in [0.2, 0.25) is 0 Å². The standard InChI is InChI=1S/C42H60O15/c1-8-34(45)56-39-28(19-35(46)50-7)18-31-22-32(26(2)52-24-27-12-10-9-11-13-27)54-36(47)20-29(44)21-37(48)55-33(40(3,4)25-43)23-30-15-17-51-38(53-30)14-16-41(5,6)42(39,49)57-31/h9-14,16,19,26,29-33,38-39,43-44,49H,8,15,17-18,20-25H2,1-7H3/b16-14+,28-19+/t26-,29-,30-,31?,32+,33-,38-,39-,42+/m0/s1. The number of hydrogen-bond donors (Lipinski definition) is 3. The van der Waals surface area contributed by atoms with Crippen LogP contribution in [0, 0.1) is 10.8 Å². The number of carbonyl (C=O) groups excluding carboxylic acids is 4. The first-order valence-corrected chi connectivity index (χ1v) is 19.6. The number of aliphatic hydroxyl groups is 3. The molecule has 3 aliphatic rings. The van der Waals surface area contributed by atoms with Crippen molar-refractivity contribution < 1.29 is 72.4 Å². The number of benzene rings is 1. The third-order valence-corrected chi connectivity index (χ3v) is 10.7. The van der Waals surface area contributed by atoms with Crippen molar-refractivity contribution in [1.29, 1.82) is 0 Å². The molecule has 0 radical (unpaired) electrons. The summed E-state index contributed by atoms with van der Waals surface area (Å²) in [5, 5.41) is 33.8. The number of carbonyl (C=O) groups is 4. The summed E-state index contributed by atoms with van der Waals surface area (Å²) < 4.78 is 47.4. The van der Waals surface area contributed by atoms with Gasteiger partial charge in [-0.15, -0.1) is 0 Å². The molecule has 0 saturated carbocycles. The fourth-order valence-corrected chi connectivity index (χ4v) is 6.89. The van der Waals surface area contributed by atoms with Crippen molar-refractivity contribution in [2.24, 2.45) is 10.8 Å². The maximum Gasteiger partial charge on any atom is 0.330 e. The summed E-state index contributed by atoms with van der Waals surface area (Å²) in [6.07, 6.45) is -4.21. The average molecular weight is 805 g/mol. The van der Waals surface area contributed by atoms with E-state index in [-0.39, 0.29) is 51.1 Å². The largest absolute Gasteiger partial charge is 0.466 e. The molecule has 1 unspecified atom stereocenters. The SMILES string of the molecule is CCC(=O)O[C@H]1/C(=C/C(=O)OC)CC2C[C@H]([C@H](C)OCc3ccccc3)OC(=O)C[C@H](O)CC(=O)O[C@H](C(C)(C)CO)C[C@@H]3CCO[C@H](/C=C/C(C)(C)[C@]1(O)O2)O3. The molecular weight excluding hydrogens is 744 g/mol. The van der Waals surface area contributed by atoms with Gasteiger partial charge in [0, 0.05) is 36.2 Å². The minimum absolute atomic E-state index is 0.0353. The van der Waals surface area contributed by atoms with E-state index in [2.05, 4.69) is 0 Å². The Morgan fingerprint density at radius 3 is 2.37 bits per heavy atom.